The number of nitrogens with one attached hydrogen (secondary N) is 2. The number of nitrogens with zero attached hydrogens (tertiary/aromatic N) is 1. The van der Waals surface area contributed by atoms with Gasteiger partial charge >= 0.3 is 6.61 Å². The molecule has 25 heavy (non-hydrogen) atoms. The number of ether oxygens (including phenoxy) is 3. The second kappa shape index (κ2) is 12.3. The molecule has 1 aromatic rings. The number of hydrogen-bond donors (Lipinski definition) is 2. The Kier molecular flexibility index (Phi) is 10.3. The van der Waals surface area contributed by atoms with Gasteiger partial charge in [0.2, 0.25) is 0 Å². The fourth-order valence-corrected chi connectivity index (χ4v) is 2.01. The molecule has 0 saturated carbocycles. The van der Waals surface area contributed by atoms with Gasteiger partial charge in [-0.1, -0.05) is 6.07 Å². The van der Waals surface area contributed by atoms with Gasteiger partial charge in [0.25, 0.3) is 0 Å². The van der Waals surface area contributed by atoms with Crippen LogP contribution in [0.2, 0.25) is 0 Å². The molecule has 0 atom stereocenters. The van der Waals surface area contributed by atoms with Gasteiger partial charge < -0.3 is 24.8 Å². The van der Waals surface area contributed by atoms with Gasteiger partial charge in [-0.25, -0.2) is 4.99 Å². The Hall–Kier alpha value is -2.09. The molecule has 1 rings (SSSR count). The van der Waals surface area contributed by atoms with Crippen LogP contribution in [0.15, 0.2) is 23.2 Å². The van der Waals surface area contributed by atoms with Gasteiger partial charge in [-0.15, -0.1) is 0 Å². The van der Waals surface area contributed by atoms with Crippen molar-refractivity contribution in [1.82, 2.24) is 10.6 Å². The summed E-state index contributed by atoms with van der Waals surface area (Å²) < 4.78 is 40.0. The van der Waals surface area contributed by atoms with Crippen LogP contribution in [0.5, 0.6) is 11.5 Å². The molecule has 1 aromatic carbocycles. The van der Waals surface area contributed by atoms with Gasteiger partial charge in [0, 0.05) is 19.7 Å². The molecule has 0 aliphatic rings. The minimum atomic E-state index is -2.89. The van der Waals surface area contributed by atoms with E-state index in [0.29, 0.717) is 38.9 Å². The van der Waals surface area contributed by atoms with E-state index < -0.39 is 6.61 Å². The van der Waals surface area contributed by atoms with E-state index in [4.69, 9.17) is 9.47 Å². The average molecular weight is 359 g/mol. The fraction of sp³-hybridized carbons (Fsp3) is 0.588. The van der Waals surface area contributed by atoms with Crippen molar-refractivity contribution < 1.29 is 23.0 Å². The maximum absolute atomic E-state index is 12.4. The van der Waals surface area contributed by atoms with Crippen molar-refractivity contribution in [2.75, 3.05) is 32.9 Å². The Morgan fingerprint density at radius 3 is 2.56 bits per heavy atom. The first-order valence-corrected chi connectivity index (χ1v) is 8.41. The fourth-order valence-electron chi connectivity index (χ4n) is 2.01. The molecule has 0 aromatic heterocycles. The van der Waals surface area contributed by atoms with E-state index in [1.165, 1.54) is 6.07 Å². The summed E-state index contributed by atoms with van der Waals surface area (Å²) in [5, 5.41) is 6.30. The van der Waals surface area contributed by atoms with Crippen LogP contribution in [0.1, 0.15) is 26.3 Å². The first kappa shape index (κ1) is 21.0. The van der Waals surface area contributed by atoms with Crippen molar-refractivity contribution in [3.8, 4) is 11.5 Å². The largest absolute Gasteiger partial charge is 0.490 e. The zero-order valence-electron chi connectivity index (χ0n) is 15.0. The molecule has 0 unspecified atom stereocenters. The number of hydrogen-bond acceptors (Lipinski definition) is 4. The van der Waals surface area contributed by atoms with Crippen LogP contribution in [-0.2, 0) is 11.3 Å². The maximum Gasteiger partial charge on any atom is 0.387 e. The standard InChI is InChI=1S/C17H27F2N3O3/c1-4-20-17(21-9-10-23-5-2)22-12-13-7-8-14(25-16(18)19)15(11-13)24-6-3/h7-8,11,16H,4-6,9-10,12H2,1-3H3,(H2,20,21,22). The van der Waals surface area contributed by atoms with Crippen LogP contribution in [0.4, 0.5) is 8.78 Å². The van der Waals surface area contributed by atoms with Crippen LogP contribution >= 0.6 is 0 Å². The first-order valence-electron chi connectivity index (χ1n) is 8.41. The molecule has 2 N–H and O–H groups in total. The average Bonchev–Trinajstić information content (AvgIpc) is 2.58. The van der Waals surface area contributed by atoms with E-state index in [2.05, 4.69) is 20.4 Å². The normalized spacial score (nSPS) is 11.5. The van der Waals surface area contributed by atoms with Gasteiger partial charge in [0.15, 0.2) is 17.5 Å². The number of halogens is 2. The predicted octanol–water partition coefficient (Wildman–Crippen LogP) is 2.78. The number of benzene rings is 1. The van der Waals surface area contributed by atoms with E-state index in [0.717, 1.165) is 12.1 Å². The summed E-state index contributed by atoms with van der Waals surface area (Å²) >= 11 is 0. The molecule has 0 heterocycles. The highest BCUT2D eigenvalue weighted by Gasteiger charge is 2.11. The Morgan fingerprint density at radius 2 is 1.92 bits per heavy atom. The molecule has 0 aliphatic heterocycles. The molecule has 0 saturated heterocycles. The van der Waals surface area contributed by atoms with Gasteiger partial charge in [-0.05, 0) is 38.5 Å². The van der Waals surface area contributed by atoms with Crippen molar-refractivity contribution in [2.45, 2.75) is 33.9 Å². The van der Waals surface area contributed by atoms with Gasteiger partial charge in [0.1, 0.15) is 0 Å². The zero-order valence-corrected chi connectivity index (χ0v) is 15.0. The summed E-state index contributed by atoms with van der Waals surface area (Å²) in [4.78, 5) is 4.47. The number of alkyl halides is 2. The summed E-state index contributed by atoms with van der Waals surface area (Å²) in [5.74, 6) is 0.962. The highest BCUT2D eigenvalue weighted by Crippen LogP contribution is 2.30. The molecule has 0 fully saturated rings. The molecule has 0 bridgehead atoms. The van der Waals surface area contributed by atoms with Crippen molar-refractivity contribution in [3.63, 3.8) is 0 Å². The molecular weight excluding hydrogens is 332 g/mol. The lowest BCUT2D eigenvalue weighted by molar-refractivity contribution is -0.0514. The third-order valence-electron chi connectivity index (χ3n) is 3.03. The van der Waals surface area contributed by atoms with Crippen molar-refractivity contribution in [3.05, 3.63) is 23.8 Å². The van der Waals surface area contributed by atoms with Crippen LogP contribution in [0.25, 0.3) is 0 Å². The third kappa shape index (κ3) is 8.53. The lowest BCUT2D eigenvalue weighted by Gasteiger charge is -2.13. The van der Waals surface area contributed by atoms with E-state index in [1.807, 2.05) is 13.8 Å². The summed E-state index contributed by atoms with van der Waals surface area (Å²) in [7, 11) is 0. The number of guanidine groups is 1. The summed E-state index contributed by atoms with van der Waals surface area (Å²) in [5.41, 5.74) is 0.826. The summed E-state index contributed by atoms with van der Waals surface area (Å²) in [6, 6.07) is 4.82. The highest BCUT2D eigenvalue weighted by molar-refractivity contribution is 5.79. The second-order valence-corrected chi connectivity index (χ2v) is 4.91. The molecular formula is C17H27F2N3O3. The van der Waals surface area contributed by atoms with Crippen molar-refractivity contribution in [1.29, 1.82) is 0 Å². The molecule has 0 amide bonds. The van der Waals surface area contributed by atoms with E-state index in [9.17, 15) is 8.78 Å². The van der Waals surface area contributed by atoms with Gasteiger partial charge in [0.05, 0.1) is 19.8 Å². The van der Waals surface area contributed by atoms with E-state index >= 15 is 0 Å². The minimum Gasteiger partial charge on any atom is -0.490 e. The van der Waals surface area contributed by atoms with Crippen LogP contribution in [-0.4, -0.2) is 45.5 Å². The lowest BCUT2D eigenvalue weighted by atomic mass is 10.2. The Bertz CT molecular complexity index is 528. The molecule has 0 aliphatic carbocycles. The van der Waals surface area contributed by atoms with Gasteiger partial charge in [-0.3, -0.25) is 0 Å². The Balaban J connectivity index is 2.75. The van der Waals surface area contributed by atoms with Crippen molar-refractivity contribution in [2.24, 2.45) is 4.99 Å². The molecule has 6 nitrogen and oxygen atoms in total. The number of aliphatic imine (C=N–C) groups is 1. The smallest absolute Gasteiger partial charge is 0.387 e. The first-order chi connectivity index (χ1) is 12.1. The third-order valence-corrected chi connectivity index (χ3v) is 3.03. The quantitative estimate of drug-likeness (QED) is 0.361. The SMILES string of the molecule is CCNC(=NCc1ccc(OC(F)F)c(OCC)c1)NCCOCC. The monoisotopic (exact) mass is 359 g/mol. The lowest BCUT2D eigenvalue weighted by Crippen LogP contribution is -2.39. The van der Waals surface area contributed by atoms with Crippen LogP contribution in [0, 0.1) is 0 Å². The highest BCUT2D eigenvalue weighted by atomic mass is 19.3. The molecule has 8 heteroatoms. The number of rotatable bonds is 11. The van der Waals surface area contributed by atoms with Crippen molar-refractivity contribution >= 4 is 5.96 Å². The molecule has 142 valence electrons. The predicted molar refractivity (Wildman–Crippen MR) is 93.6 cm³/mol. The van der Waals surface area contributed by atoms with E-state index in [1.54, 1.807) is 19.1 Å². The maximum atomic E-state index is 12.4. The second-order valence-electron chi connectivity index (χ2n) is 4.91. The van der Waals surface area contributed by atoms with E-state index in [-0.39, 0.29) is 11.5 Å². The zero-order chi connectivity index (χ0) is 18.5. The topological polar surface area (TPSA) is 64.1 Å². The minimum absolute atomic E-state index is 0.0197. The van der Waals surface area contributed by atoms with Crippen LogP contribution < -0.4 is 20.1 Å². The van der Waals surface area contributed by atoms with Gasteiger partial charge in [-0.2, -0.15) is 8.78 Å². The Labute approximate surface area is 147 Å². The summed E-state index contributed by atoms with van der Waals surface area (Å²) in [6.45, 7) is 6.17. The Morgan fingerprint density at radius 1 is 1.12 bits per heavy atom. The summed E-state index contributed by atoms with van der Waals surface area (Å²) in [6.07, 6.45) is 0. The molecule has 0 radical (unpaired) electrons. The van der Waals surface area contributed by atoms with Crippen LogP contribution in [0.3, 0.4) is 0 Å². The molecule has 0 spiro atoms.